The van der Waals surface area contributed by atoms with Crippen LogP contribution in [0.3, 0.4) is 0 Å². The van der Waals surface area contributed by atoms with Gasteiger partial charge in [0.15, 0.2) is 0 Å². The molecule has 0 radical (unpaired) electrons. The third kappa shape index (κ3) is 4.41. The Kier molecular flexibility index (Phi) is 4.84. The van der Waals surface area contributed by atoms with Crippen LogP contribution in [-0.4, -0.2) is 29.6 Å². The number of carbonyl (C=O) groups excluding carboxylic acids is 1. The Balaban J connectivity index is 3.09. The number of anilines is 1. The van der Waals surface area contributed by atoms with Gasteiger partial charge < -0.3 is 10.6 Å². The van der Waals surface area contributed by atoms with Gasteiger partial charge in [0.1, 0.15) is 6.54 Å². The van der Waals surface area contributed by atoms with Gasteiger partial charge in [0.05, 0.1) is 5.56 Å². The molecule has 1 aromatic carbocycles. The van der Waals surface area contributed by atoms with Crippen LogP contribution < -0.4 is 5.73 Å². The lowest BCUT2D eigenvalue weighted by Crippen LogP contribution is -2.43. The summed E-state index contributed by atoms with van der Waals surface area (Å²) in [6, 6.07) is 3.94. The van der Waals surface area contributed by atoms with Gasteiger partial charge in [-0.25, -0.2) is 0 Å². The van der Waals surface area contributed by atoms with Crippen molar-refractivity contribution < 1.29 is 18.0 Å². The Morgan fingerprint density at radius 2 is 2.00 bits per heavy atom. The van der Waals surface area contributed by atoms with E-state index in [4.69, 9.17) is 5.73 Å². The topological polar surface area (TPSA) is 46.3 Å². The molecule has 0 atom stereocenters. The monoisotopic (exact) mass is 338 g/mol. The lowest BCUT2D eigenvalue weighted by atomic mass is 10.1. The number of nitrogens with two attached hydrogens (primary N) is 1. The van der Waals surface area contributed by atoms with Crippen molar-refractivity contribution >= 4 is 27.5 Å². The highest BCUT2D eigenvalue weighted by molar-refractivity contribution is 9.10. The lowest BCUT2D eigenvalue weighted by molar-refractivity contribution is -0.143. The van der Waals surface area contributed by atoms with E-state index >= 15 is 0 Å². The molecule has 0 heterocycles. The molecule has 106 valence electrons. The largest absolute Gasteiger partial charge is 0.406 e. The molecule has 0 fully saturated rings. The Morgan fingerprint density at radius 3 is 2.47 bits per heavy atom. The highest BCUT2D eigenvalue weighted by atomic mass is 79.9. The highest BCUT2D eigenvalue weighted by Crippen LogP contribution is 2.24. The summed E-state index contributed by atoms with van der Waals surface area (Å²) in [5.41, 5.74) is 5.86. The number of hydrogen-bond acceptors (Lipinski definition) is 2. The van der Waals surface area contributed by atoms with Crippen LogP contribution >= 0.6 is 15.9 Å². The molecule has 1 aromatic rings. The van der Waals surface area contributed by atoms with Crippen LogP contribution in [0.2, 0.25) is 0 Å². The van der Waals surface area contributed by atoms with E-state index in [-0.39, 0.29) is 11.3 Å². The van der Waals surface area contributed by atoms with Crippen LogP contribution in [-0.2, 0) is 0 Å². The van der Waals surface area contributed by atoms with Gasteiger partial charge in [-0.1, -0.05) is 15.9 Å². The number of benzene rings is 1. The molecule has 1 rings (SSSR count). The van der Waals surface area contributed by atoms with Gasteiger partial charge >= 0.3 is 6.18 Å². The van der Waals surface area contributed by atoms with E-state index in [9.17, 15) is 18.0 Å². The van der Waals surface area contributed by atoms with Crippen LogP contribution in [0.1, 0.15) is 24.2 Å². The highest BCUT2D eigenvalue weighted by Gasteiger charge is 2.35. The summed E-state index contributed by atoms with van der Waals surface area (Å²) in [4.78, 5) is 12.9. The van der Waals surface area contributed by atoms with Gasteiger partial charge in [0.2, 0.25) is 0 Å². The average Bonchev–Trinajstić information content (AvgIpc) is 2.27. The number of halogens is 4. The van der Waals surface area contributed by atoms with Crippen LogP contribution in [0.4, 0.5) is 18.9 Å². The molecular formula is C12H14BrF3N2O. The molecule has 1 amide bonds. The Bertz CT molecular complexity index is 475. The van der Waals surface area contributed by atoms with E-state index in [2.05, 4.69) is 15.9 Å². The van der Waals surface area contributed by atoms with E-state index < -0.39 is 24.7 Å². The summed E-state index contributed by atoms with van der Waals surface area (Å²) in [5, 5.41) is 0. The van der Waals surface area contributed by atoms with Crippen molar-refractivity contribution in [3.63, 3.8) is 0 Å². The van der Waals surface area contributed by atoms with Gasteiger partial charge in [-0.05, 0) is 32.0 Å². The SMILES string of the molecule is CC(C)N(CC(F)(F)F)C(=O)c1cc(Br)ccc1N. The summed E-state index contributed by atoms with van der Waals surface area (Å²) in [6.45, 7) is 1.76. The van der Waals surface area contributed by atoms with Gasteiger partial charge in [-0.2, -0.15) is 13.2 Å². The van der Waals surface area contributed by atoms with E-state index in [1.807, 2.05) is 0 Å². The van der Waals surface area contributed by atoms with Crippen molar-refractivity contribution in [2.75, 3.05) is 12.3 Å². The number of nitrogen functional groups attached to an aromatic ring is 1. The van der Waals surface area contributed by atoms with Crippen molar-refractivity contribution in [1.29, 1.82) is 0 Å². The first-order chi connectivity index (χ1) is 8.61. The molecular weight excluding hydrogens is 325 g/mol. The second-order valence-corrected chi connectivity index (χ2v) is 5.29. The van der Waals surface area contributed by atoms with Crippen molar-refractivity contribution in [2.24, 2.45) is 0 Å². The molecule has 19 heavy (non-hydrogen) atoms. The molecule has 0 aliphatic rings. The lowest BCUT2D eigenvalue weighted by Gasteiger charge is -2.28. The van der Waals surface area contributed by atoms with Gasteiger partial charge in [-0.15, -0.1) is 0 Å². The minimum absolute atomic E-state index is 0.0623. The van der Waals surface area contributed by atoms with E-state index in [1.165, 1.54) is 26.0 Å². The third-order valence-electron chi connectivity index (χ3n) is 2.48. The summed E-state index contributed by atoms with van der Waals surface area (Å²) in [5.74, 6) is -0.730. The second kappa shape index (κ2) is 5.81. The smallest absolute Gasteiger partial charge is 0.398 e. The molecule has 0 saturated heterocycles. The molecule has 2 N–H and O–H groups in total. The first-order valence-electron chi connectivity index (χ1n) is 5.54. The Morgan fingerprint density at radius 1 is 1.42 bits per heavy atom. The number of amides is 1. The molecule has 3 nitrogen and oxygen atoms in total. The second-order valence-electron chi connectivity index (χ2n) is 4.37. The predicted molar refractivity (Wildman–Crippen MR) is 70.8 cm³/mol. The zero-order valence-electron chi connectivity index (χ0n) is 10.5. The number of rotatable bonds is 3. The molecule has 0 aromatic heterocycles. The summed E-state index contributed by atoms with van der Waals surface area (Å²) >= 11 is 3.16. The zero-order chi connectivity index (χ0) is 14.8. The van der Waals surface area contributed by atoms with Crippen LogP contribution in [0.25, 0.3) is 0 Å². The molecule has 0 unspecified atom stereocenters. The van der Waals surface area contributed by atoms with Gasteiger partial charge in [-0.3, -0.25) is 4.79 Å². The first-order valence-corrected chi connectivity index (χ1v) is 6.34. The predicted octanol–water partition coefficient (Wildman–Crippen LogP) is 3.44. The van der Waals surface area contributed by atoms with Crippen molar-refractivity contribution in [2.45, 2.75) is 26.1 Å². The van der Waals surface area contributed by atoms with Crippen molar-refractivity contribution in [1.82, 2.24) is 4.90 Å². The van der Waals surface area contributed by atoms with E-state index in [0.29, 0.717) is 4.47 Å². The maximum atomic E-state index is 12.5. The third-order valence-corrected chi connectivity index (χ3v) is 2.97. The molecule has 0 aliphatic heterocycles. The normalized spacial score (nSPS) is 11.7. The standard InChI is InChI=1S/C12H14BrF3N2O/c1-7(2)18(6-12(14,15)16)11(19)9-5-8(13)3-4-10(9)17/h3-5,7H,6,17H2,1-2H3. The molecule has 0 spiro atoms. The zero-order valence-corrected chi connectivity index (χ0v) is 12.0. The van der Waals surface area contributed by atoms with Crippen LogP contribution in [0.5, 0.6) is 0 Å². The van der Waals surface area contributed by atoms with Gasteiger partial charge in [0.25, 0.3) is 5.91 Å². The van der Waals surface area contributed by atoms with E-state index in [0.717, 1.165) is 4.90 Å². The van der Waals surface area contributed by atoms with Crippen molar-refractivity contribution in [3.05, 3.63) is 28.2 Å². The van der Waals surface area contributed by atoms with Crippen LogP contribution in [0, 0.1) is 0 Å². The number of carbonyl (C=O) groups is 1. The number of hydrogen-bond donors (Lipinski definition) is 1. The summed E-state index contributed by atoms with van der Waals surface area (Å²) < 4.78 is 38.0. The summed E-state index contributed by atoms with van der Waals surface area (Å²) in [6.07, 6.45) is -4.44. The van der Waals surface area contributed by atoms with Crippen LogP contribution in [0.15, 0.2) is 22.7 Å². The van der Waals surface area contributed by atoms with Gasteiger partial charge in [0, 0.05) is 16.2 Å². The Hall–Kier alpha value is -1.24. The van der Waals surface area contributed by atoms with Crippen molar-refractivity contribution in [3.8, 4) is 0 Å². The Labute approximate surface area is 117 Å². The maximum absolute atomic E-state index is 12.5. The summed E-state index contributed by atoms with van der Waals surface area (Å²) in [7, 11) is 0. The fourth-order valence-corrected chi connectivity index (χ4v) is 1.91. The average molecular weight is 339 g/mol. The molecule has 0 saturated carbocycles. The fourth-order valence-electron chi connectivity index (χ4n) is 1.55. The molecule has 0 bridgehead atoms. The maximum Gasteiger partial charge on any atom is 0.406 e. The molecule has 7 heteroatoms. The van der Waals surface area contributed by atoms with E-state index in [1.54, 1.807) is 6.07 Å². The first kappa shape index (κ1) is 15.8. The minimum Gasteiger partial charge on any atom is -0.398 e. The number of nitrogens with zero attached hydrogens (tertiary/aromatic N) is 1. The molecule has 0 aliphatic carbocycles. The minimum atomic E-state index is -4.44. The quantitative estimate of drug-likeness (QED) is 0.858. The fraction of sp³-hybridized carbons (Fsp3) is 0.417. The number of alkyl halides is 3.